The minimum atomic E-state index is 0.399. The van der Waals surface area contributed by atoms with Crippen molar-refractivity contribution in [1.29, 1.82) is 0 Å². The first kappa shape index (κ1) is 17.6. The second-order valence-corrected chi connectivity index (χ2v) is 6.80. The molecule has 0 saturated carbocycles. The Morgan fingerprint density at radius 3 is 2.70 bits per heavy atom. The van der Waals surface area contributed by atoms with Crippen LogP contribution in [0.5, 0.6) is 5.75 Å². The quantitative estimate of drug-likeness (QED) is 0.447. The Hall–Kier alpha value is -2.83. The first-order chi connectivity index (χ1) is 13.2. The lowest BCUT2D eigenvalue weighted by atomic mass is 10.0. The zero-order valence-corrected chi connectivity index (χ0v) is 15.9. The van der Waals surface area contributed by atoms with Crippen molar-refractivity contribution in [3.63, 3.8) is 0 Å². The summed E-state index contributed by atoms with van der Waals surface area (Å²) in [7, 11) is 0. The van der Waals surface area contributed by atoms with Gasteiger partial charge in [0.15, 0.2) is 0 Å². The summed E-state index contributed by atoms with van der Waals surface area (Å²) in [5.41, 5.74) is 5.26. The molecule has 1 aromatic heterocycles. The van der Waals surface area contributed by atoms with E-state index in [1.54, 1.807) is 11.0 Å². The molecule has 0 atom stereocenters. The average Bonchev–Trinajstić information content (AvgIpc) is 3.10. The first-order valence-corrected chi connectivity index (χ1v) is 9.24. The number of fused-ring (bicyclic) bond motifs is 1. The molecule has 5 nitrogen and oxygen atoms in total. The molecule has 0 radical (unpaired) electrons. The average molecular weight is 397 g/mol. The molecule has 0 saturated heterocycles. The van der Waals surface area contributed by atoms with E-state index in [1.807, 2.05) is 42.5 Å². The van der Waals surface area contributed by atoms with Crippen LogP contribution in [0.15, 0.2) is 67.0 Å². The van der Waals surface area contributed by atoms with Crippen molar-refractivity contribution in [1.82, 2.24) is 14.9 Å². The molecular formula is C20H17ClN4OS. The fourth-order valence-corrected chi connectivity index (χ4v) is 3.28. The highest BCUT2D eigenvalue weighted by atomic mass is 35.5. The molecule has 0 spiro atoms. The summed E-state index contributed by atoms with van der Waals surface area (Å²) >= 11 is 11.4. The van der Waals surface area contributed by atoms with Gasteiger partial charge in [-0.1, -0.05) is 60.1 Å². The molecule has 27 heavy (non-hydrogen) atoms. The van der Waals surface area contributed by atoms with Crippen LogP contribution in [-0.2, 0) is 13.2 Å². The van der Waals surface area contributed by atoms with Crippen molar-refractivity contribution >= 4 is 34.6 Å². The Labute approximate surface area is 166 Å². The lowest BCUT2D eigenvalue weighted by molar-refractivity contribution is 0.303. The van der Waals surface area contributed by atoms with Gasteiger partial charge >= 0.3 is 0 Å². The molecule has 0 aliphatic heterocycles. The number of hydrogen-bond donors (Lipinski definition) is 2. The SMILES string of the molecule is S=c1[nH]ncn1NCc1c(OCc2ccccc2Cl)ccc2ccccc12. The van der Waals surface area contributed by atoms with E-state index in [9.17, 15) is 0 Å². The standard InChI is InChI=1S/C20H17ClN4OS/c21-18-8-4-2-6-15(18)12-26-19-10-9-14-5-1-3-7-16(14)17(19)11-23-25-13-22-24-20(25)27/h1-10,13,23H,11-12H2,(H,24,27). The van der Waals surface area contributed by atoms with Gasteiger partial charge in [-0.25, -0.2) is 4.68 Å². The van der Waals surface area contributed by atoms with E-state index in [4.69, 9.17) is 28.6 Å². The fourth-order valence-electron chi connectivity index (χ4n) is 2.93. The third kappa shape index (κ3) is 3.82. The van der Waals surface area contributed by atoms with Gasteiger partial charge in [-0.05, 0) is 35.1 Å². The highest BCUT2D eigenvalue weighted by Crippen LogP contribution is 2.29. The molecule has 0 aliphatic rings. The van der Waals surface area contributed by atoms with Crippen LogP contribution < -0.4 is 10.2 Å². The lowest BCUT2D eigenvalue weighted by Gasteiger charge is -2.16. The van der Waals surface area contributed by atoms with Gasteiger partial charge in [0.1, 0.15) is 18.7 Å². The monoisotopic (exact) mass is 396 g/mol. The molecular weight excluding hydrogens is 380 g/mol. The van der Waals surface area contributed by atoms with Crippen LogP contribution >= 0.6 is 23.8 Å². The molecule has 4 aromatic rings. The number of ether oxygens (including phenoxy) is 1. The van der Waals surface area contributed by atoms with Crippen LogP contribution in [0.3, 0.4) is 0 Å². The van der Waals surface area contributed by atoms with E-state index < -0.39 is 0 Å². The number of halogens is 1. The third-order valence-electron chi connectivity index (χ3n) is 4.32. The highest BCUT2D eigenvalue weighted by Gasteiger charge is 2.10. The van der Waals surface area contributed by atoms with Crippen molar-refractivity contribution < 1.29 is 4.74 Å². The molecule has 0 aliphatic carbocycles. The fraction of sp³-hybridized carbons (Fsp3) is 0.100. The van der Waals surface area contributed by atoms with Crippen molar-refractivity contribution in [2.24, 2.45) is 0 Å². The van der Waals surface area contributed by atoms with Gasteiger partial charge in [0.2, 0.25) is 4.77 Å². The smallest absolute Gasteiger partial charge is 0.214 e. The lowest BCUT2D eigenvalue weighted by Crippen LogP contribution is -2.14. The van der Waals surface area contributed by atoms with E-state index in [0.29, 0.717) is 22.9 Å². The van der Waals surface area contributed by atoms with Crippen LogP contribution in [0.4, 0.5) is 0 Å². The van der Waals surface area contributed by atoms with Gasteiger partial charge in [0.05, 0.1) is 6.54 Å². The van der Waals surface area contributed by atoms with Crippen molar-refractivity contribution in [2.45, 2.75) is 13.2 Å². The zero-order chi connectivity index (χ0) is 18.6. The first-order valence-electron chi connectivity index (χ1n) is 8.45. The minimum absolute atomic E-state index is 0.399. The third-order valence-corrected chi connectivity index (χ3v) is 4.97. The van der Waals surface area contributed by atoms with Crippen LogP contribution in [0.1, 0.15) is 11.1 Å². The number of nitrogens with one attached hydrogen (secondary N) is 2. The molecule has 136 valence electrons. The number of hydrogen-bond acceptors (Lipinski definition) is 4. The van der Waals surface area contributed by atoms with Gasteiger partial charge in [0.25, 0.3) is 0 Å². The van der Waals surface area contributed by atoms with Crippen molar-refractivity contribution in [3.05, 3.63) is 87.9 Å². The molecule has 0 amide bonds. The topological polar surface area (TPSA) is 54.9 Å². The molecule has 1 heterocycles. The molecule has 2 N–H and O–H groups in total. The van der Waals surface area contributed by atoms with E-state index in [1.165, 1.54) is 0 Å². The number of nitrogens with zero attached hydrogens (tertiary/aromatic N) is 2. The number of aromatic amines is 1. The highest BCUT2D eigenvalue weighted by molar-refractivity contribution is 7.71. The van der Waals surface area contributed by atoms with Crippen molar-refractivity contribution in [2.75, 3.05) is 5.43 Å². The Morgan fingerprint density at radius 2 is 1.89 bits per heavy atom. The Bertz CT molecular complexity index is 1140. The van der Waals surface area contributed by atoms with Gasteiger partial charge in [-0.3, -0.25) is 5.10 Å². The summed E-state index contributed by atoms with van der Waals surface area (Å²) in [5, 5.41) is 9.63. The summed E-state index contributed by atoms with van der Waals surface area (Å²) in [6, 6.07) is 20.0. The van der Waals surface area contributed by atoms with Crippen LogP contribution in [0.2, 0.25) is 5.02 Å². The summed E-state index contributed by atoms with van der Waals surface area (Å²) in [6.45, 7) is 0.934. The summed E-state index contributed by atoms with van der Waals surface area (Å²) in [4.78, 5) is 0. The Kier molecular flexibility index (Phi) is 5.09. The second-order valence-electron chi connectivity index (χ2n) is 6.01. The van der Waals surface area contributed by atoms with E-state index in [-0.39, 0.29) is 0 Å². The normalized spacial score (nSPS) is 10.9. The van der Waals surface area contributed by atoms with Gasteiger partial charge in [-0.15, -0.1) is 0 Å². The molecule has 4 rings (SSSR count). The predicted octanol–water partition coefficient (Wildman–Crippen LogP) is 5.07. The Morgan fingerprint density at radius 1 is 1.07 bits per heavy atom. The molecule has 0 bridgehead atoms. The zero-order valence-electron chi connectivity index (χ0n) is 14.4. The van der Waals surface area contributed by atoms with Gasteiger partial charge in [0, 0.05) is 16.1 Å². The van der Waals surface area contributed by atoms with E-state index in [2.05, 4.69) is 33.8 Å². The van der Waals surface area contributed by atoms with Crippen LogP contribution in [0, 0.1) is 4.77 Å². The van der Waals surface area contributed by atoms with Crippen molar-refractivity contribution in [3.8, 4) is 5.75 Å². The number of H-pyrrole nitrogens is 1. The molecule has 0 fully saturated rings. The maximum absolute atomic E-state index is 6.25. The maximum atomic E-state index is 6.25. The molecule has 7 heteroatoms. The molecule has 3 aromatic carbocycles. The van der Waals surface area contributed by atoms with Crippen LogP contribution in [-0.4, -0.2) is 14.9 Å². The maximum Gasteiger partial charge on any atom is 0.214 e. The summed E-state index contributed by atoms with van der Waals surface area (Å²) in [5.74, 6) is 0.802. The Balaban J connectivity index is 1.65. The largest absolute Gasteiger partial charge is 0.488 e. The van der Waals surface area contributed by atoms with E-state index >= 15 is 0 Å². The van der Waals surface area contributed by atoms with Gasteiger partial charge < -0.3 is 10.2 Å². The number of aromatic nitrogens is 3. The number of benzene rings is 3. The second kappa shape index (κ2) is 7.82. The summed E-state index contributed by atoms with van der Waals surface area (Å²) < 4.78 is 8.31. The summed E-state index contributed by atoms with van der Waals surface area (Å²) in [6.07, 6.45) is 1.61. The number of rotatable bonds is 6. The predicted molar refractivity (Wildman–Crippen MR) is 110 cm³/mol. The molecule has 0 unspecified atom stereocenters. The van der Waals surface area contributed by atoms with Crippen LogP contribution in [0.25, 0.3) is 10.8 Å². The minimum Gasteiger partial charge on any atom is -0.488 e. The van der Waals surface area contributed by atoms with E-state index in [0.717, 1.165) is 27.6 Å². The van der Waals surface area contributed by atoms with Gasteiger partial charge in [-0.2, -0.15) is 5.10 Å².